The van der Waals surface area contributed by atoms with Crippen LogP contribution in [0.25, 0.3) is 10.3 Å². The SMILES string of the molecule is COc1ccc(N=c2oc3ccc(C(C)(C)C)cc3s2)cc1. The maximum Gasteiger partial charge on any atom is 0.279 e. The van der Waals surface area contributed by atoms with Crippen LogP contribution in [0.4, 0.5) is 5.69 Å². The minimum absolute atomic E-state index is 0.130. The lowest BCUT2D eigenvalue weighted by atomic mass is 9.87. The van der Waals surface area contributed by atoms with E-state index in [0.29, 0.717) is 4.87 Å². The summed E-state index contributed by atoms with van der Waals surface area (Å²) in [6.45, 7) is 6.63. The predicted octanol–water partition coefficient (Wildman–Crippen LogP) is 5.03. The van der Waals surface area contributed by atoms with Crippen molar-refractivity contribution in [1.82, 2.24) is 0 Å². The lowest BCUT2D eigenvalue weighted by Gasteiger charge is -2.18. The third-order valence-electron chi connectivity index (χ3n) is 3.50. The van der Waals surface area contributed by atoms with Crippen LogP contribution in [0.3, 0.4) is 0 Å². The highest BCUT2D eigenvalue weighted by molar-refractivity contribution is 7.16. The van der Waals surface area contributed by atoms with Gasteiger partial charge in [-0.25, -0.2) is 4.99 Å². The van der Waals surface area contributed by atoms with Crippen molar-refractivity contribution in [3.8, 4) is 5.75 Å². The Hall–Kier alpha value is -2.07. The predicted molar refractivity (Wildman–Crippen MR) is 91.0 cm³/mol. The third kappa shape index (κ3) is 3.07. The van der Waals surface area contributed by atoms with Crippen LogP contribution < -0.4 is 9.60 Å². The van der Waals surface area contributed by atoms with Gasteiger partial charge in [0.25, 0.3) is 4.87 Å². The maximum atomic E-state index is 5.82. The van der Waals surface area contributed by atoms with E-state index in [1.807, 2.05) is 30.3 Å². The summed E-state index contributed by atoms with van der Waals surface area (Å²) < 4.78 is 12.1. The highest BCUT2D eigenvalue weighted by atomic mass is 32.1. The van der Waals surface area contributed by atoms with Gasteiger partial charge in [-0.1, -0.05) is 38.2 Å². The maximum absolute atomic E-state index is 5.82. The van der Waals surface area contributed by atoms with Gasteiger partial charge in [0.05, 0.1) is 17.5 Å². The zero-order chi connectivity index (χ0) is 15.7. The quantitative estimate of drug-likeness (QED) is 0.665. The number of fused-ring (bicyclic) bond motifs is 1. The molecule has 2 aromatic carbocycles. The molecule has 0 N–H and O–H groups in total. The molecular weight excluding hydrogens is 294 g/mol. The smallest absolute Gasteiger partial charge is 0.279 e. The largest absolute Gasteiger partial charge is 0.497 e. The Kier molecular flexibility index (Phi) is 3.79. The van der Waals surface area contributed by atoms with Gasteiger partial charge in [-0.05, 0) is 47.4 Å². The van der Waals surface area contributed by atoms with Gasteiger partial charge < -0.3 is 9.15 Å². The standard InChI is InChI=1S/C18H19NO2S/c1-18(2,3)12-5-10-15-16(11-12)22-17(21-15)19-13-6-8-14(20-4)9-7-13/h5-11H,1-4H3. The molecule has 3 aromatic rings. The minimum atomic E-state index is 0.130. The fraction of sp³-hybridized carbons (Fsp3) is 0.278. The first-order valence-electron chi connectivity index (χ1n) is 7.19. The number of benzene rings is 2. The molecule has 0 saturated heterocycles. The van der Waals surface area contributed by atoms with Gasteiger partial charge in [0.1, 0.15) is 11.3 Å². The van der Waals surface area contributed by atoms with E-state index in [1.54, 1.807) is 18.4 Å². The van der Waals surface area contributed by atoms with Crippen LogP contribution in [0.5, 0.6) is 5.75 Å². The number of methoxy groups -OCH3 is 1. The van der Waals surface area contributed by atoms with Crippen molar-refractivity contribution < 1.29 is 9.15 Å². The van der Waals surface area contributed by atoms with Crippen LogP contribution in [0, 0.1) is 0 Å². The molecule has 0 saturated carbocycles. The molecule has 1 heterocycles. The zero-order valence-corrected chi connectivity index (χ0v) is 14.0. The van der Waals surface area contributed by atoms with Gasteiger partial charge in [-0.15, -0.1) is 0 Å². The molecular formula is C18H19NO2S. The van der Waals surface area contributed by atoms with Crippen LogP contribution in [0.1, 0.15) is 26.3 Å². The molecule has 0 unspecified atom stereocenters. The van der Waals surface area contributed by atoms with E-state index in [2.05, 4.69) is 37.9 Å². The Bertz CT molecular complexity index is 851. The van der Waals surface area contributed by atoms with Crippen LogP contribution in [-0.2, 0) is 5.41 Å². The van der Waals surface area contributed by atoms with Crippen molar-refractivity contribution in [2.45, 2.75) is 26.2 Å². The summed E-state index contributed by atoms with van der Waals surface area (Å²) in [5, 5.41) is 0. The fourth-order valence-electron chi connectivity index (χ4n) is 2.16. The van der Waals surface area contributed by atoms with Crippen molar-refractivity contribution in [3.63, 3.8) is 0 Å². The monoisotopic (exact) mass is 313 g/mol. The Morgan fingerprint density at radius 2 is 1.77 bits per heavy atom. The van der Waals surface area contributed by atoms with Crippen LogP contribution >= 0.6 is 11.3 Å². The van der Waals surface area contributed by atoms with E-state index in [4.69, 9.17) is 9.15 Å². The van der Waals surface area contributed by atoms with Crippen molar-refractivity contribution in [1.29, 1.82) is 0 Å². The summed E-state index contributed by atoms with van der Waals surface area (Å²) in [6.07, 6.45) is 0. The van der Waals surface area contributed by atoms with Gasteiger partial charge in [-0.2, -0.15) is 0 Å². The Morgan fingerprint density at radius 3 is 2.41 bits per heavy atom. The summed E-state index contributed by atoms with van der Waals surface area (Å²) >= 11 is 1.57. The molecule has 1 aromatic heterocycles. The average molecular weight is 313 g/mol. The summed E-state index contributed by atoms with van der Waals surface area (Å²) in [4.78, 5) is 5.20. The molecule has 0 aliphatic carbocycles. The lowest BCUT2D eigenvalue weighted by molar-refractivity contribution is 0.415. The molecule has 0 spiro atoms. The van der Waals surface area contributed by atoms with Gasteiger partial charge >= 0.3 is 0 Å². The molecule has 114 valence electrons. The van der Waals surface area contributed by atoms with E-state index < -0.39 is 0 Å². The minimum Gasteiger partial charge on any atom is -0.497 e. The van der Waals surface area contributed by atoms with Crippen LogP contribution in [0.15, 0.2) is 51.9 Å². The molecule has 22 heavy (non-hydrogen) atoms. The van der Waals surface area contributed by atoms with E-state index in [0.717, 1.165) is 21.7 Å². The van der Waals surface area contributed by atoms with E-state index >= 15 is 0 Å². The van der Waals surface area contributed by atoms with Gasteiger partial charge in [0.15, 0.2) is 0 Å². The Labute approximate surface area is 133 Å². The molecule has 0 bridgehead atoms. The van der Waals surface area contributed by atoms with Crippen molar-refractivity contribution >= 4 is 27.3 Å². The molecule has 3 nitrogen and oxygen atoms in total. The second-order valence-corrected chi connectivity index (χ2v) is 7.18. The van der Waals surface area contributed by atoms with E-state index in [9.17, 15) is 0 Å². The van der Waals surface area contributed by atoms with Crippen LogP contribution in [0.2, 0.25) is 0 Å². The highest BCUT2D eigenvalue weighted by Crippen LogP contribution is 2.27. The number of hydrogen-bond donors (Lipinski definition) is 0. The van der Waals surface area contributed by atoms with E-state index in [1.165, 1.54) is 5.56 Å². The average Bonchev–Trinajstić information content (AvgIpc) is 2.88. The lowest BCUT2D eigenvalue weighted by Crippen LogP contribution is -2.10. The summed E-state index contributed by atoms with van der Waals surface area (Å²) in [7, 11) is 1.65. The van der Waals surface area contributed by atoms with Crippen LogP contribution in [-0.4, -0.2) is 7.11 Å². The second kappa shape index (κ2) is 5.61. The number of rotatable bonds is 2. The first kappa shape index (κ1) is 14.9. The Morgan fingerprint density at radius 1 is 1.05 bits per heavy atom. The molecule has 0 fully saturated rings. The van der Waals surface area contributed by atoms with Crippen molar-refractivity contribution in [2.24, 2.45) is 4.99 Å². The zero-order valence-electron chi connectivity index (χ0n) is 13.2. The number of nitrogens with zero attached hydrogens (tertiary/aromatic N) is 1. The first-order valence-corrected chi connectivity index (χ1v) is 8.00. The molecule has 0 atom stereocenters. The van der Waals surface area contributed by atoms with E-state index in [-0.39, 0.29) is 5.41 Å². The normalized spacial score (nSPS) is 12.8. The summed E-state index contributed by atoms with van der Waals surface area (Å²) in [6, 6.07) is 14.0. The topological polar surface area (TPSA) is 34.7 Å². The molecule has 0 aliphatic rings. The first-order chi connectivity index (χ1) is 10.5. The summed E-state index contributed by atoms with van der Waals surface area (Å²) in [5.74, 6) is 0.821. The van der Waals surface area contributed by atoms with Crippen molar-refractivity contribution in [3.05, 3.63) is 52.9 Å². The number of ether oxygens (including phenoxy) is 1. The third-order valence-corrected chi connectivity index (χ3v) is 4.39. The Balaban J connectivity index is 2.02. The second-order valence-electron chi connectivity index (χ2n) is 6.19. The summed E-state index contributed by atoms with van der Waals surface area (Å²) in [5.41, 5.74) is 3.16. The van der Waals surface area contributed by atoms with Gasteiger partial charge in [0, 0.05) is 0 Å². The fourth-order valence-corrected chi connectivity index (χ4v) is 3.02. The molecule has 4 heteroatoms. The molecule has 0 amide bonds. The number of hydrogen-bond acceptors (Lipinski definition) is 4. The van der Waals surface area contributed by atoms with Gasteiger partial charge in [-0.3, -0.25) is 0 Å². The molecule has 0 aliphatic heterocycles. The molecule has 0 radical (unpaired) electrons. The van der Waals surface area contributed by atoms with Crippen molar-refractivity contribution in [2.75, 3.05) is 7.11 Å². The highest BCUT2D eigenvalue weighted by Gasteiger charge is 2.14. The molecule has 3 rings (SSSR count). The van der Waals surface area contributed by atoms with Gasteiger partial charge in [0.2, 0.25) is 0 Å².